The lowest BCUT2D eigenvalue weighted by Crippen LogP contribution is -2.42. The van der Waals surface area contributed by atoms with E-state index in [0.717, 1.165) is 24.9 Å². The Bertz CT molecular complexity index is 777. The van der Waals surface area contributed by atoms with Gasteiger partial charge in [-0.25, -0.2) is 12.8 Å². The number of aliphatic imine (C=N–C) groups is 1. The molecule has 0 aliphatic heterocycles. The fraction of sp³-hybridized carbons (Fsp3) is 0.650. The predicted molar refractivity (Wildman–Crippen MR) is 125 cm³/mol. The molecule has 0 heterocycles. The molecule has 0 atom stereocenters. The van der Waals surface area contributed by atoms with Crippen molar-refractivity contribution in [3.05, 3.63) is 35.6 Å². The first-order valence-corrected chi connectivity index (χ1v) is 11.6. The number of nitrogens with zero attached hydrogens (tertiary/aromatic N) is 1. The van der Waals surface area contributed by atoms with Gasteiger partial charge in [-0.05, 0) is 49.3 Å². The molecule has 28 heavy (non-hydrogen) atoms. The summed E-state index contributed by atoms with van der Waals surface area (Å²) in [6.07, 6.45) is 3.90. The van der Waals surface area contributed by atoms with Gasteiger partial charge in [-0.1, -0.05) is 26.0 Å². The quantitative estimate of drug-likeness (QED) is 0.294. The van der Waals surface area contributed by atoms with Gasteiger partial charge >= 0.3 is 0 Å². The molecule has 1 aromatic carbocycles. The molecule has 1 aliphatic carbocycles. The largest absolute Gasteiger partial charge is 0.357 e. The molecule has 1 aliphatic rings. The molecule has 0 amide bonds. The highest BCUT2D eigenvalue weighted by atomic mass is 127. The molecule has 5 nitrogen and oxygen atoms in total. The number of rotatable bonds is 9. The van der Waals surface area contributed by atoms with Gasteiger partial charge in [-0.3, -0.25) is 4.99 Å². The monoisotopic (exact) mass is 525 g/mol. The highest BCUT2D eigenvalue weighted by molar-refractivity contribution is 14.0. The maximum atomic E-state index is 13.6. The lowest BCUT2D eigenvalue weighted by atomic mass is 9.90. The molecule has 160 valence electrons. The fourth-order valence-corrected chi connectivity index (χ4v) is 3.89. The van der Waals surface area contributed by atoms with Gasteiger partial charge in [0.25, 0.3) is 0 Å². The van der Waals surface area contributed by atoms with Gasteiger partial charge in [0.15, 0.2) is 5.96 Å². The van der Waals surface area contributed by atoms with Crippen LogP contribution in [0.4, 0.5) is 4.39 Å². The average Bonchev–Trinajstić information content (AvgIpc) is 3.36. The Balaban J connectivity index is 0.00000392. The van der Waals surface area contributed by atoms with Crippen LogP contribution in [0.1, 0.15) is 45.6 Å². The minimum Gasteiger partial charge on any atom is -0.357 e. The first-order chi connectivity index (χ1) is 12.6. The molecule has 1 saturated carbocycles. The number of hydrogen-bond donors (Lipinski definition) is 2. The Hall–Kier alpha value is -0.900. The number of sulfone groups is 1. The molecule has 0 aromatic heterocycles. The summed E-state index contributed by atoms with van der Waals surface area (Å²) in [4.78, 5) is 4.65. The standard InChI is InChI=1S/C20H32FN3O2S.HI/c1-5-22-18(23-14-19(2,3)11-12-27(4,25)26)24-15-20(9-10-20)16-7-6-8-17(21)13-16;/h6-8,13H,5,9-12,14-15H2,1-4H3,(H2,22,23,24);1H. The summed E-state index contributed by atoms with van der Waals surface area (Å²) in [5.41, 5.74) is 0.800. The Labute approximate surface area is 185 Å². The first-order valence-electron chi connectivity index (χ1n) is 9.51. The summed E-state index contributed by atoms with van der Waals surface area (Å²) in [7, 11) is -2.97. The van der Waals surface area contributed by atoms with Gasteiger partial charge in [0.1, 0.15) is 15.7 Å². The maximum Gasteiger partial charge on any atom is 0.191 e. The second-order valence-corrected chi connectivity index (χ2v) is 10.6. The molecule has 0 unspecified atom stereocenters. The summed E-state index contributed by atoms with van der Waals surface area (Å²) in [5, 5.41) is 6.62. The van der Waals surface area contributed by atoms with Gasteiger partial charge in [0, 0.05) is 31.3 Å². The van der Waals surface area contributed by atoms with Crippen LogP contribution in [0.5, 0.6) is 0 Å². The molecule has 0 saturated heterocycles. The van der Waals surface area contributed by atoms with E-state index in [4.69, 9.17) is 0 Å². The van der Waals surface area contributed by atoms with Crippen LogP contribution in [0, 0.1) is 11.2 Å². The smallest absolute Gasteiger partial charge is 0.191 e. The van der Waals surface area contributed by atoms with Gasteiger partial charge < -0.3 is 10.6 Å². The van der Waals surface area contributed by atoms with Crippen molar-refractivity contribution in [2.45, 2.75) is 45.4 Å². The van der Waals surface area contributed by atoms with Gasteiger partial charge in [-0.15, -0.1) is 24.0 Å². The van der Waals surface area contributed by atoms with E-state index in [-0.39, 0.29) is 46.4 Å². The Morgan fingerprint density at radius 2 is 1.96 bits per heavy atom. The maximum absolute atomic E-state index is 13.6. The van der Waals surface area contributed by atoms with E-state index in [2.05, 4.69) is 15.6 Å². The van der Waals surface area contributed by atoms with E-state index in [1.165, 1.54) is 12.3 Å². The van der Waals surface area contributed by atoms with Crippen molar-refractivity contribution in [2.24, 2.45) is 10.4 Å². The summed E-state index contributed by atoms with van der Waals surface area (Å²) in [6.45, 7) is 8.03. The molecule has 0 bridgehead atoms. The van der Waals surface area contributed by atoms with Crippen LogP contribution >= 0.6 is 24.0 Å². The van der Waals surface area contributed by atoms with Crippen molar-refractivity contribution in [2.75, 3.05) is 31.6 Å². The third-order valence-corrected chi connectivity index (χ3v) is 5.99. The number of guanidine groups is 1. The summed E-state index contributed by atoms with van der Waals surface area (Å²) in [6, 6.07) is 6.83. The van der Waals surface area contributed by atoms with Crippen molar-refractivity contribution in [3.63, 3.8) is 0 Å². The Morgan fingerprint density at radius 3 is 2.50 bits per heavy atom. The number of halogens is 2. The number of hydrogen-bond acceptors (Lipinski definition) is 3. The SMILES string of the molecule is CCNC(=NCC(C)(C)CCS(C)(=O)=O)NCC1(c2cccc(F)c2)CC1.I. The van der Waals surface area contributed by atoms with Crippen LogP contribution in [-0.4, -0.2) is 46.0 Å². The number of benzene rings is 1. The molecule has 2 N–H and O–H groups in total. The van der Waals surface area contributed by atoms with Crippen LogP contribution in [0.15, 0.2) is 29.3 Å². The lowest BCUT2D eigenvalue weighted by molar-refractivity contribution is 0.365. The first kappa shape index (κ1) is 25.1. The summed E-state index contributed by atoms with van der Waals surface area (Å²) < 4.78 is 36.4. The molecule has 2 rings (SSSR count). The third-order valence-electron chi connectivity index (χ3n) is 5.04. The van der Waals surface area contributed by atoms with Crippen LogP contribution in [-0.2, 0) is 15.3 Å². The topological polar surface area (TPSA) is 70.6 Å². The van der Waals surface area contributed by atoms with Gasteiger partial charge in [0.2, 0.25) is 0 Å². The zero-order valence-corrected chi connectivity index (χ0v) is 20.4. The van der Waals surface area contributed by atoms with E-state index in [1.807, 2.05) is 26.8 Å². The van der Waals surface area contributed by atoms with E-state index in [9.17, 15) is 12.8 Å². The average molecular weight is 525 g/mol. The van der Waals surface area contributed by atoms with Crippen molar-refractivity contribution in [1.82, 2.24) is 10.6 Å². The lowest BCUT2D eigenvalue weighted by Gasteiger charge is -2.23. The molecule has 8 heteroatoms. The molecular weight excluding hydrogens is 492 g/mol. The molecule has 0 spiro atoms. The minimum atomic E-state index is -2.97. The van der Waals surface area contributed by atoms with Crippen molar-refractivity contribution in [3.8, 4) is 0 Å². The minimum absolute atomic E-state index is 0. The van der Waals surface area contributed by atoms with Gasteiger partial charge in [0.05, 0.1) is 5.75 Å². The normalized spacial score (nSPS) is 16.2. The highest BCUT2D eigenvalue weighted by Gasteiger charge is 2.44. The van der Waals surface area contributed by atoms with E-state index < -0.39 is 9.84 Å². The zero-order chi connectivity index (χ0) is 20.1. The third kappa shape index (κ3) is 8.23. The van der Waals surface area contributed by atoms with E-state index in [1.54, 1.807) is 12.1 Å². The summed E-state index contributed by atoms with van der Waals surface area (Å²) >= 11 is 0. The van der Waals surface area contributed by atoms with Crippen molar-refractivity contribution >= 4 is 39.8 Å². The van der Waals surface area contributed by atoms with Crippen LogP contribution < -0.4 is 10.6 Å². The van der Waals surface area contributed by atoms with E-state index in [0.29, 0.717) is 25.5 Å². The Kier molecular flexibility index (Phi) is 9.18. The Morgan fingerprint density at radius 1 is 1.29 bits per heavy atom. The van der Waals surface area contributed by atoms with Crippen molar-refractivity contribution in [1.29, 1.82) is 0 Å². The molecule has 0 radical (unpaired) electrons. The van der Waals surface area contributed by atoms with Gasteiger partial charge in [-0.2, -0.15) is 0 Å². The molecule has 1 fully saturated rings. The van der Waals surface area contributed by atoms with E-state index >= 15 is 0 Å². The second-order valence-electron chi connectivity index (χ2n) is 8.38. The van der Waals surface area contributed by atoms with Crippen LogP contribution in [0.2, 0.25) is 0 Å². The highest BCUT2D eigenvalue weighted by Crippen LogP contribution is 2.47. The van der Waals surface area contributed by atoms with Crippen LogP contribution in [0.3, 0.4) is 0 Å². The predicted octanol–water partition coefficient (Wildman–Crippen LogP) is 3.49. The fourth-order valence-electron chi connectivity index (χ4n) is 2.97. The summed E-state index contributed by atoms with van der Waals surface area (Å²) in [5.74, 6) is 0.682. The van der Waals surface area contributed by atoms with Crippen LogP contribution in [0.25, 0.3) is 0 Å². The second kappa shape index (κ2) is 10.2. The molecule has 1 aromatic rings. The van der Waals surface area contributed by atoms with Crippen molar-refractivity contribution < 1.29 is 12.8 Å². The number of nitrogens with one attached hydrogen (secondary N) is 2. The molecular formula is C20H33FIN3O2S. The zero-order valence-electron chi connectivity index (χ0n) is 17.2.